The standard InChI is InChI=1S/C22H27N7S/c1-14(2)25-8-5-9-29-21-19(20(24)26-13-27-21)28-22(29)30-18-11-16-7-4-3-6-15(16)10-17(18)12-23/h10-11,13-14,25H,3-9H2,1-2H3,(H2,24,26,27). The van der Waals surface area contributed by atoms with Gasteiger partial charge in [-0.05, 0) is 61.9 Å². The van der Waals surface area contributed by atoms with Crippen molar-refractivity contribution >= 4 is 28.7 Å². The van der Waals surface area contributed by atoms with E-state index in [1.54, 1.807) is 0 Å². The highest BCUT2D eigenvalue weighted by Gasteiger charge is 2.19. The van der Waals surface area contributed by atoms with Crippen LogP contribution in [0.4, 0.5) is 5.82 Å². The Hall–Kier alpha value is -2.63. The fraction of sp³-hybridized carbons (Fsp3) is 0.455. The summed E-state index contributed by atoms with van der Waals surface area (Å²) in [6, 6.07) is 7.06. The summed E-state index contributed by atoms with van der Waals surface area (Å²) in [5.41, 5.74) is 10.8. The van der Waals surface area contributed by atoms with Crippen LogP contribution in [0.25, 0.3) is 11.2 Å². The van der Waals surface area contributed by atoms with Crippen LogP contribution in [0.1, 0.15) is 49.8 Å². The molecule has 156 valence electrons. The Morgan fingerprint density at radius 3 is 2.73 bits per heavy atom. The number of aromatic nitrogens is 4. The monoisotopic (exact) mass is 421 g/mol. The minimum absolute atomic E-state index is 0.381. The number of hydrogen-bond donors (Lipinski definition) is 2. The van der Waals surface area contributed by atoms with Gasteiger partial charge in [0, 0.05) is 17.5 Å². The number of nitrogens with one attached hydrogen (secondary N) is 1. The van der Waals surface area contributed by atoms with E-state index < -0.39 is 0 Å². The predicted octanol–water partition coefficient (Wildman–Crippen LogP) is 3.70. The smallest absolute Gasteiger partial charge is 0.175 e. The predicted molar refractivity (Wildman–Crippen MR) is 119 cm³/mol. The summed E-state index contributed by atoms with van der Waals surface area (Å²) in [6.45, 7) is 5.95. The van der Waals surface area contributed by atoms with Crippen LogP contribution in [0.3, 0.4) is 0 Å². The number of nitriles is 1. The number of nitrogens with zero attached hydrogens (tertiary/aromatic N) is 5. The molecule has 0 aliphatic heterocycles. The van der Waals surface area contributed by atoms with E-state index in [0.29, 0.717) is 22.9 Å². The number of nitrogen functional groups attached to an aromatic ring is 1. The normalized spacial score (nSPS) is 13.5. The molecule has 4 rings (SSSR count). The molecule has 0 atom stereocenters. The third kappa shape index (κ3) is 4.27. The topological polar surface area (TPSA) is 105 Å². The first-order valence-corrected chi connectivity index (χ1v) is 11.3. The van der Waals surface area contributed by atoms with Crippen molar-refractivity contribution in [2.24, 2.45) is 0 Å². The van der Waals surface area contributed by atoms with Crippen molar-refractivity contribution in [3.8, 4) is 6.07 Å². The summed E-state index contributed by atoms with van der Waals surface area (Å²) in [4.78, 5) is 14.2. The summed E-state index contributed by atoms with van der Waals surface area (Å²) in [5, 5.41) is 14.0. The largest absolute Gasteiger partial charge is 0.382 e. The molecule has 1 aromatic carbocycles. The molecule has 1 aliphatic carbocycles. The molecule has 3 aromatic rings. The molecule has 7 nitrogen and oxygen atoms in total. The van der Waals surface area contributed by atoms with Crippen LogP contribution < -0.4 is 11.1 Å². The Morgan fingerprint density at radius 1 is 1.23 bits per heavy atom. The first-order chi connectivity index (χ1) is 14.6. The highest BCUT2D eigenvalue weighted by molar-refractivity contribution is 7.99. The van der Waals surface area contributed by atoms with Gasteiger partial charge < -0.3 is 15.6 Å². The number of rotatable bonds is 7. The van der Waals surface area contributed by atoms with E-state index in [1.165, 1.54) is 42.1 Å². The zero-order valence-electron chi connectivity index (χ0n) is 17.5. The van der Waals surface area contributed by atoms with Crippen molar-refractivity contribution in [1.29, 1.82) is 5.26 Å². The van der Waals surface area contributed by atoms with Crippen molar-refractivity contribution in [3.05, 3.63) is 35.2 Å². The lowest BCUT2D eigenvalue weighted by Gasteiger charge is -2.17. The van der Waals surface area contributed by atoms with Crippen molar-refractivity contribution in [2.75, 3.05) is 12.3 Å². The maximum absolute atomic E-state index is 9.74. The highest BCUT2D eigenvalue weighted by Crippen LogP contribution is 2.36. The third-order valence-electron chi connectivity index (χ3n) is 5.40. The molecule has 0 spiro atoms. The first-order valence-electron chi connectivity index (χ1n) is 10.5. The molecule has 0 fully saturated rings. The van der Waals surface area contributed by atoms with Crippen LogP contribution in [0.2, 0.25) is 0 Å². The Labute approximate surface area is 181 Å². The Kier molecular flexibility index (Phi) is 6.21. The number of aryl methyl sites for hydroxylation is 3. The summed E-state index contributed by atoms with van der Waals surface area (Å²) < 4.78 is 2.10. The average molecular weight is 422 g/mol. The lowest BCUT2D eigenvalue weighted by molar-refractivity contribution is 0.525. The van der Waals surface area contributed by atoms with Crippen LogP contribution in [0.15, 0.2) is 28.5 Å². The lowest BCUT2D eigenvalue weighted by Crippen LogP contribution is -2.24. The zero-order chi connectivity index (χ0) is 21.1. The van der Waals surface area contributed by atoms with Crippen LogP contribution in [0.5, 0.6) is 0 Å². The van der Waals surface area contributed by atoms with Crippen LogP contribution in [-0.4, -0.2) is 32.1 Å². The Morgan fingerprint density at radius 2 is 2.00 bits per heavy atom. The van der Waals surface area contributed by atoms with Gasteiger partial charge in [-0.15, -0.1) is 0 Å². The molecule has 8 heteroatoms. The summed E-state index contributed by atoms with van der Waals surface area (Å²) in [7, 11) is 0. The number of nitrogens with two attached hydrogens (primary N) is 1. The molecule has 2 heterocycles. The van der Waals surface area contributed by atoms with Crippen LogP contribution in [-0.2, 0) is 19.4 Å². The molecule has 1 aliphatic rings. The fourth-order valence-electron chi connectivity index (χ4n) is 3.87. The van der Waals surface area contributed by atoms with E-state index in [2.05, 4.69) is 51.9 Å². The number of imidazole rings is 1. The molecule has 3 N–H and O–H groups in total. The second-order valence-electron chi connectivity index (χ2n) is 7.98. The molecule has 0 amide bonds. The second-order valence-corrected chi connectivity index (χ2v) is 8.99. The summed E-state index contributed by atoms with van der Waals surface area (Å²) in [6.07, 6.45) is 6.96. The van der Waals surface area contributed by atoms with E-state index in [-0.39, 0.29) is 0 Å². The van der Waals surface area contributed by atoms with E-state index in [0.717, 1.165) is 48.1 Å². The van der Waals surface area contributed by atoms with Crippen LogP contribution in [0, 0.1) is 11.3 Å². The molecule has 0 bridgehead atoms. The number of fused-ring (bicyclic) bond motifs is 2. The van der Waals surface area contributed by atoms with E-state index in [9.17, 15) is 5.26 Å². The minimum atomic E-state index is 0.381. The summed E-state index contributed by atoms with van der Waals surface area (Å²) >= 11 is 1.52. The van der Waals surface area contributed by atoms with Gasteiger partial charge in [0.05, 0.1) is 5.56 Å². The average Bonchev–Trinajstić information content (AvgIpc) is 3.09. The van der Waals surface area contributed by atoms with Gasteiger partial charge in [-0.3, -0.25) is 0 Å². The second kappa shape index (κ2) is 9.02. The van der Waals surface area contributed by atoms with Crippen molar-refractivity contribution < 1.29 is 0 Å². The number of anilines is 1. The maximum atomic E-state index is 9.74. The SMILES string of the molecule is CC(C)NCCCn1c(Sc2cc3c(cc2C#N)CCCC3)nc2c(N)ncnc21. The Bertz CT molecular complexity index is 1100. The minimum Gasteiger partial charge on any atom is -0.382 e. The third-order valence-corrected chi connectivity index (χ3v) is 6.45. The zero-order valence-corrected chi connectivity index (χ0v) is 18.3. The van der Waals surface area contributed by atoms with Crippen molar-refractivity contribution in [3.63, 3.8) is 0 Å². The molecule has 30 heavy (non-hydrogen) atoms. The number of benzene rings is 1. The van der Waals surface area contributed by atoms with E-state index in [1.807, 2.05) is 0 Å². The molecule has 0 saturated heterocycles. The molecule has 0 saturated carbocycles. The van der Waals surface area contributed by atoms with E-state index >= 15 is 0 Å². The Balaban J connectivity index is 1.69. The molecule has 0 radical (unpaired) electrons. The van der Waals surface area contributed by atoms with E-state index in [4.69, 9.17) is 10.7 Å². The molecule has 2 aromatic heterocycles. The van der Waals surface area contributed by atoms with Gasteiger partial charge in [0.15, 0.2) is 22.1 Å². The molecule has 0 unspecified atom stereocenters. The van der Waals surface area contributed by atoms with Gasteiger partial charge >= 0.3 is 0 Å². The molecular formula is C22H27N7S. The van der Waals surface area contributed by atoms with Crippen LogP contribution >= 0.6 is 11.8 Å². The van der Waals surface area contributed by atoms with Gasteiger partial charge in [0.25, 0.3) is 0 Å². The first kappa shape index (κ1) is 20.6. The lowest BCUT2D eigenvalue weighted by atomic mass is 9.90. The van der Waals surface area contributed by atoms with Gasteiger partial charge in [0.2, 0.25) is 0 Å². The number of hydrogen-bond acceptors (Lipinski definition) is 7. The molecular weight excluding hydrogens is 394 g/mol. The highest BCUT2D eigenvalue weighted by atomic mass is 32.2. The van der Waals surface area contributed by atoms with Crippen molar-refractivity contribution in [1.82, 2.24) is 24.8 Å². The van der Waals surface area contributed by atoms with Gasteiger partial charge in [0.1, 0.15) is 12.4 Å². The van der Waals surface area contributed by atoms with Gasteiger partial charge in [-0.25, -0.2) is 15.0 Å². The van der Waals surface area contributed by atoms with Gasteiger partial charge in [-0.2, -0.15) is 5.26 Å². The fourth-order valence-corrected chi connectivity index (χ4v) is 4.91. The van der Waals surface area contributed by atoms with Crippen molar-refractivity contribution in [2.45, 2.75) is 68.6 Å². The quantitative estimate of drug-likeness (QED) is 0.560. The summed E-state index contributed by atoms with van der Waals surface area (Å²) in [5.74, 6) is 0.381. The van der Waals surface area contributed by atoms with Gasteiger partial charge in [-0.1, -0.05) is 25.6 Å². The maximum Gasteiger partial charge on any atom is 0.175 e.